The van der Waals surface area contributed by atoms with Crippen molar-refractivity contribution in [3.05, 3.63) is 95.6 Å². The lowest BCUT2D eigenvalue weighted by Gasteiger charge is -2.21. The van der Waals surface area contributed by atoms with Gasteiger partial charge in [0.25, 0.3) is 0 Å². The highest BCUT2D eigenvalue weighted by Gasteiger charge is 2.23. The van der Waals surface area contributed by atoms with Crippen LogP contribution in [0.4, 0.5) is 0 Å². The van der Waals surface area contributed by atoms with Gasteiger partial charge in [-0.3, -0.25) is 0 Å². The maximum Gasteiger partial charge on any atom is 0.241 e. The van der Waals surface area contributed by atoms with Gasteiger partial charge in [0.2, 0.25) is 10.0 Å². The first kappa shape index (κ1) is 18.7. The fraction of sp³-hybridized carbons (Fsp3) is 0.143. The van der Waals surface area contributed by atoms with Crippen LogP contribution in [0, 0.1) is 6.92 Å². The standard InChI is InChI=1S/C21H21NO2S2/c1-16-8-6-7-11-20(16)21(17-9-4-3-5-10-17)22-26(23,24)19-14-12-18(25-2)13-15-19/h3-15,21-22H,1-2H3/t21-/m0/s1. The minimum atomic E-state index is -3.66. The second-order valence-corrected chi connectivity index (χ2v) is 8.59. The van der Waals surface area contributed by atoms with Gasteiger partial charge in [-0.05, 0) is 54.1 Å². The van der Waals surface area contributed by atoms with Gasteiger partial charge in [-0.1, -0.05) is 54.6 Å². The van der Waals surface area contributed by atoms with Gasteiger partial charge in [0.05, 0.1) is 10.9 Å². The molecule has 0 spiro atoms. The van der Waals surface area contributed by atoms with E-state index in [1.54, 1.807) is 23.9 Å². The summed E-state index contributed by atoms with van der Waals surface area (Å²) in [7, 11) is -3.66. The van der Waals surface area contributed by atoms with E-state index in [0.29, 0.717) is 0 Å². The van der Waals surface area contributed by atoms with Gasteiger partial charge in [-0.15, -0.1) is 11.8 Å². The highest BCUT2D eigenvalue weighted by atomic mass is 32.2. The number of sulfonamides is 1. The Labute approximate surface area is 159 Å². The minimum Gasteiger partial charge on any atom is -0.207 e. The predicted molar refractivity (Wildman–Crippen MR) is 108 cm³/mol. The SMILES string of the molecule is CSc1ccc(S(=O)(=O)N[C@@H](c2ccccc2)c2ccccc2C)cc1. The molecule has 0 unspecified atom stereocenters. The molecule has 3 aromatic carbocycles. The molecule has 0 amide bonds. The molecule has 5 heteroatoms. The number of hydrogen-bond donors (Lipinski definition) is 1. The van der Waals surface area contributed by atoms with Crippen LogP contribution in [0.25, 0.3) is 0 Å². The van der Waals surface area contributed by atoms with E-state index >= 15 is 0 Å². The second kappa shape index (κ2) is 8.08. The minimum absolute atomic E-state index is 0.268. The first-order chi connectivity index (χ1) is 12.5. The molecule has 0 aliphatic carbocycles. The van der Waals surface area contributed by atoms with Gasteiger partial charge in [0.1, 0.15) is 0 Å². The van der Waals surface area contributed by atoms with Gasteiger partial charge in [-0.25, -0.2) is 8.42 Å². The first-order valence-corrected chi connectivity index (χ1v) is 11.0. The topological polar surface area (TPSA) is 46.2 Å². The van der Waals surface area contributed by atoms with Crippen molar-refractivity contribution >= 4 is 21.8 Å². The molecule has 3 nitrogen and oxygen atoms in total. The molecule has 0 aliphatic heterocycles. The van der Waals surface area contributed by atoms with E-state index in [9.17, 15) is 8.42 Å². The summed E-state index contributed by atoms with van der Waals surface area (Å²) < 4.78 is 28.9. The van der Waals surface area contributed by atoms with E-state index < -0.39 is 16.1 Å². The summed E-state index contributed by atoms with van der Waals surface area (Å²) in [6, 6.07) is 24.0. The van der Waals surface area contributed by atoms with E-state index in [1.807, 2.05) is 79.9 Å². The van der Waals surface area contributed by atoms with Crippen molar-refractivity contribution in [3.63, 3.8) is 0 Å². The summed E-state index contributed by atoms with van der Waals surface area (Å²) in [5.41, 5.74) is 2.90. The van der Waals surface area contributed by atoms with E-state index in [0.717, 1.165) is 21.6 Å². The third-order valence-corrected chi connectivity index (χ3v) is 6.46. The van der Waals surface area contributed by atoms with Crippen molar-refractivity contribution in [1.29, 1.82) is 0 Å². The molecule has 0 saturated carbocycles. The van der Waals surface area contributed by atoms with Gasteiger partial charge < -0.3 is 0 Å². The maximum atomic E-state index is 13.0. The summed E-state index contributed by atoms with van der Waals surface area (Å²) in [4.78, 5) is 1.30. The van der Waals surface area contributed by atoms with Crippen LogP contribution in [0.15, 0.2) is 88.7 Å². The van der Waals surface area contributed by atoms with Crippen LogP contribution in [0.5, 0.6) is 0 Å². The molecule has 26 heavy (non-hydrogen) atoms. The Balaban J connectivity index is 2.01. The smallest absolute Gasteiger partial charge is 0.207 e. The van der Waals surface area contributed by atoms with Gasteiger partial charge in [-0.2, -0.15) is 4.72 Å². The Morgan fingerprint density at radius 1 is 0.846 bits per heavy atom. The summed E-state index contributed by atoms with van der Waals surface area (Å²) >= 11 is 1.58. The average Bonchev–Trinajstić information content (AvgIpc) is 2.67. The summed E-state index contributed by atoms with van der Waals surface area (Å²) in [5, 5.41) is 0. The molecule has 3 rings (SSSR count). The molecule has 0 saturated heterocycles. The van der Waals surface area contributed by atoms with E-state index in [2.05, 4.69) is 4.72 Å². The first-order valence-electron chi connectivity index (χ1n) is 8.28. The van der Waals surface area contributed by atoms with Crippen molar-refractivity contribution in [3.8, 4) is 0 Å². The van der Waals surface area contributed by atoms with Gasteiger partial charge in [0, 0.05) is 4.90 Å². The molecule has 0 radical (unpaired) electrons. The maximum absolute atomic E-state index is 13.0. The van der Waals surface area contributed by atoms with Crippen LogP contribution in [0.2, 0.25) is 0 Å². The average molecular weight is 384 g/mol. The summed E-state index contributed by atoms with van der Waals surface area (Å²) in [6.07, 6.45) is 1.96. The number of benzene rings is 3. The highest BCUT2D eigenvalue weighted by Crippen LogP contribution is 2.27. The van der Waals surface area contributed by atoms with Crippen LogP contribution >= 0.6 is 11.8 Å². The fourth-order valence-corrected chi connectivity index (χ4v) is 4.46. The summed E-state index contributed by atoms with van der Waals surface area (Å²) in [6.45, 7) is 1.99. The Morgan fingerprint density at radius 2 is 1.46 bits per heavy atom. The zero-order chi connectivity index (χ0) is 18.6. The van der Waals surface area contributed by atoms with Crippen molar-refractivity contribution in [2.24, 2.45) is 0 Å². The number of hydrogen-bond acceptors (Lipinski definition) is 3. The molecular weight excluding hydrogens is 362 g/mol. The van der Waals surface area contributed by atoms with Crippen LogP contribution in [0.1, 0.15) is 22.7 Å². The zero-order valence-electron chi connectivity index (χ0n) is 14.7. The third kappa shape index (κ3) is 4.18. The molecule has 1 atom stereocenters. The molecule has 0 bridgehead atoms. The van der Waals surface area contributed by atoms with Crippen molar-refractivity contribution in [1.82, 2.24) is 4.72 Å². The van der Waals surface area contributed by atoms with Crippen LogP contribution in [0.3, 0.4) is 0 Å². The van der Waals surface area contributed by atoms with Crippen LogP contribution < -0.4 is 4.72 Å². The fourth-order valence-electron chi connectivity index (χ4n) is 2.85. The predicted octanol–water partition coefficient (Wildman–Crippen LogP) is 4.78. The largest absolute Gasteiger partial charge is 0.241 e. The van der Waals surface area contributed by atoms with Crippen LogP contribution in [-0.2, 0) is 10.0 Å². The lowest BCUT2D eigenvalue weighted by Crippen LogP contribution is -2.30. The number of rotatable bonds is 6. The summed E-state index contributed by atoms with van der Waals surface area (Å²) in [5.74, 6) is 0. The van der Waals surface area contributed by atoms with E-state index in [-0.39, 0.29) is 4.90 Å². The lowest BCUT2D eigenvalue weighted by molar-refractivity contribution is 0.571. The Bertz CT molecular complexity index is 968. The quantitative estimate of drug-likeness (QED) is 0.623. The highest BCUT2D eigenvalue weighted by molar-refractivity contribution is 7.98. The molecular formula is C21H21NO2S2. The van der Waals surface area contributed by atoms with Gasteiger partial charge >= 0.3 is 0 Å². The molecule has 3 aromatic rings. The normalized spacial score (nSPS) is 12.7. The number of thioether (sulfide) groups is 1. The molecule has 1 N–H and O–H groups in total. The molecule has 134 valence electrons. The Hall–Kier alpha value is -2.08. The number of aryl methyl sites for hydroxylation is 1. The third-order valence-electron chi connectivity index (χ3n) is 4.28. The lowest BCUT2D eigenvalue weighted by atomic mass is 9.96. The zero-order valence-corrected chi connectivity index (χ0v) is 16.3. The molecule has 0 heterocycles. The molecule has 0 aliphatic rings. The van der Waals surface area contributed by atoms with Gasteiger partial charge in [0.15, 0.2) is 0 Å². The van der Waals surface area contributed by atoms with Crippen molar-refractivity contribution in [2.45, 2.75) is 22.8 Å². The molecule has 0 aromatic heterocycles. The van der Waals surface area contributed by atoms with Crippen molar-refractivity contribution < 1.29 is 8.42 Å². The monoisotopic (exact) mass is 383 g/mol. The second-order valence-electron chi connectivity index (χ2n) is 6.00. The van der Waals surface area contributed by atoms with E-state index in [4.69, 9.17) is 0 Å². The van der Waals surface area contributed by atoms with Crippen molar-refractivity contribution in [2.75, 3.05) is 6.26 Å². The number of nitrogens with one attached hydrogen (secondary N) is 1. The Kier molecular flexibility index (Phi) is 5.81. The molecule has 0 fully saturated rings. The Morgan fingerprint density at radius 3 is 2.08 bits per heavy atom. The van der Waals surface area contributed by atoms with E-state index in [1.165, 1.54) is 0 Å². The van der Waals surface area contributed by atoms with Crippen LogP contribution in [-0.4, -0.2) is 14.7 Å².